The van der Waals surface area contributed by atoms with Gasteiger partial charge in [0, 0.05) is 16.6 Å². The predicted molar refractivity (Wildman–Crippen MR) is 54.3 cm³/mol. The van der Waals surface area contributed by atoms with Crippen LogP contribution in [0.3, 0.4) is 0 Å². The summed E-state index contributed by atoms with van der Waals surface area (Å²) in [5.74, 6) is 0. The number of halogens is 1. The van der Waals surface area contributed by atoms with Gasteiger partial charge in [0.15, 0.2) is 0 Å². The second-order valence-corrected chi connectivity index (χ2v) is 3.32. The van der Waals surface area contributed by atoms with Crippen LogP contribution in [0.1, 0.15) is 5.69 Å². The van der Waals surface area contributed by atoms with Crippen molar-refractivity contribution in [2.45, 2.75) is 6.92 Å². The second kappa shape index (κ2) is 2.89. The van der Waals surface area contributed by atoms with Crippen LogP contribution < -0.4 is 5.43 Å². The number of aromatic amines is 1. The van der Waals surface area contributed by atoms with E-state index in [0.717, 1.165) is 5.52 Å². The molecule has 3 heteroatoms. The van der Waals surface area contributed by atoms with E-state index >= 15 is 0 Å². The first kappa shape index (κ1) is 8.32. The van der Waals surface area contributed by atoms with Crippen molar-refractivity contribution in [1.29, 1.82) is 0 Å². The summed E-state index contributed by atoms with van der Waals surface area (Å²) in [5.41, 5.74) is 1.44. The highest BCUT2D eigenvalue weighted by Crippen LogP contribution is 2.13. The first-order valence-electron chi connectivity index (χ1n) is 3.97. The van der Waals surface area contributed by atoms with Crippen LogP contribution >= 0.6 is 11.6 Å². The Labute approximate surface area is 80.2 Å². The molecule has 0 radical (unpaired) electrons. The molecule has 66 valence electrons. The number of hydrogen-bond acceptors (Lipinski definition) is 1. The van der Waals surface area contributed by atoms with E-state index in [4.69, 9.17) is 11.6 Å². The molecule has 1 heterocycles. The highest BCUT2D eigenvalue weighted by Gasteiger charge is 2.04. The van der Waals surface area contributed by atoms with Gasteiger partial charge in [0.05, 0.1) is 0 Å². The fraction of sp³-hybridized carbons (Fsp3) is 0.100. The number of hydrogen-bond donors (Lipinski definition) is 1. The van der Waals surface area contributed by atoms with Crippen LogP contribution in [0.15, 0.2) is 29.1 Å². The van der Waals surface area contributed by atoms with Gasteiger partial charge in [-0.1, -0.05) is 23.7 Å². The number of para-hydroxylation sites is 1. The number of fused-ring (bicyclic) bond motifs is 1. The molecule has 1 aromatic heterocycles. The van der Waals surface area contributed by atoms with Gasteiger partial charge in [0.2, 0.25) is 5.43 Å². The maximum Gasteiger partial charge on any atom is 0.208 e. The van der Waals surface area contributed by atoms with Crippen molar-refractivity contribution in [3.05, 3.63) is 45.2 Å². The van der Waals surface area contributed by atoms with E-state index in [1.807, 2.05) is 18.2 Å². The summed E-state index contributed by atoms with van der Waals surface area (Å²) < 4.78 is 0. The number of benzene rings is 1. The number of pyridine rings is 1. The predicted octanol–water partition coefficient (Wildman–Crippen LogP) is 2.49. The van der Waals surface area contributed by atoms with Gasteiger partial charge in [-0.15, -0.1) is 0 Å². The average molecular weight is 194 g/mol. The van der Waals surface area contributed by atoms with Crippen molar-refractivity contribution in [1.82, 2.24) is 4.98 Å². The lowest BCUT2D eigenvalue weighted by atomic mass is 10.2. The van der Waals surface area contributed by atoms with Crippen molar-refractivity contribution in [3.8, 4) is 0 Å². The highest BCUT2D eigenvalue weighted by atomic mass is 35.5. The monoisotopic (exact) mass is 193 g/mol. The third kappa shape index (κ3) is 1.23. The summed E-state index contributed by atoms with van der Waals surface area (Å²) in [4.78, 5) is 14.7. The molecule has 0 fully saturated rings. The zero-order chi connectivity index (χ0) is 9.42. The van der Waals surface area contributed by atoms with Crippen molar-refractivity contribution in [2.24, 2.45) is 0 Å². The zero-order valence-electron chi connectivity index (χ0n) is 7.10. The molecule has 13 heavy (non-hydrogen) atoms. The molecule has 0 atom stereocenters. The van der Waals surface area contributed by atoms with E-state index in [9.17, 15) is 4.79 Å². The van der Waals surface area contributed by atoms with E-state index in [-0.39, 0.29) is 10.5 Å². The Morgan fingerprint density at radius 1 is 1.31 bits per heavy atom. The first-order valence-corrected chi connectivity index (χ1v) is 4.35. The van der Waals surface area contributed by atoms with E-state index in [2.05, 4.69) is 4.98 Å². The maximum absolute atomic E-state index is 11.6. The van der Waals surface area contributed by atoms with Crippen molar-refractivity contribution >= 4 is 22.5 Å². The van der Waals surface area contributed by atoms with Crippen LogP contribution in [-0.2, 0) is 0 Å². The summed E-state index contributed by atoms with van der Waals surface area (Å²) in [6.07, 6.45) is 0. The number of aryl methyl sites for hydroxylation is 1. The van der Waals surface area contributed by atoms with Gasteiger partial charge in [-0.25, -0.2) is 0 Å². The lowest BCUT2D eigenvalue weighted by Crippen LogP contribution is -2.05. The molecule has 2 rings (SSSR count). The Kier molecular flexibility index (Phi) is 1.85. The van der Waals surface area contributed by atoms with E-state index in [1.165, 1.54) is 0 Å². The Morgan fingerprint density at radius 2 is 2.00 bits per heavy atom. The van der Waals surface area contributed by atoms with Crippen LogP contribution in [0.5, 0.6) is 0 Å². The standard InChI is InChI=1S/C10H8ClNO/c1-6-9(11)10(13)7-4-2-3-5-8(7)12-6/h2-5H,1H3,(H,12,13). The van der Waals surface area contributed by atoms with E-state index in [0.29, 0.717) is 11.1 Å². The van der Waals surface area contributed by atoms with Gasteiger partial charge in [0.1, 0.15) is 5.02 Å². The number of rotatable bonds is 0. The van der Waals surface area contributed by atoms with Gasteiger partial charge < -0.3 is 4.98 Å². The molecule has 0 saturated heterocycles. The molecule has 0 aliphatic carbocycles. The summed E-state index contributed by atoms with van der Waals surface area (Å²) in [6, 6.07) is 7.33. The van der Waals surface area contributed by atoms with Crippen molar-refractivity contribution in [2.75, 3.05) is 0 Å². The average Bonchev–Trinajstić information content (AvgIpc) is 2.15. The maximum atomic E-state index is 11.6. The smallest absolute Gasteiger partial charge is 0.208 e. The first-order chi connectivity index (χ1) is 6.20. The van der Waals surface area contributed by atoms with E-state index < -0.39 is 0 Å². The molecule has 0 unspecified atom stereocenters. The minimum atomic E-state index is -0.103. The Hall–Kier alpha value is -1.28. The van der Waals surface area contributed by atoms with Crippen LogP contribution in [0.2, 0.25) is 5.02 Å². The molecular weight excluding hydrogens is 186 g/mol. The molecule has 0 aliphatic heterocycles. The molecule has 0 spiro atoms. The van der Waals surface area contributed by atoms with Gasteiger partial charge in [0.25, 0.3) is 0 Å². The number of H-pyrrole nitrogens is 1. The van der Waals surface area contributed by atoms with E-state index in [1.54, 1.807) is 13.0 Å². The third-order valence-corrected chi connectivity index (χ3v) is 2.48. The van der Waals surface area contributed by atoms with Crippen LogP contribution in [0.4, 0.5) is 0 Å². The topological polar surface area (TPSA) is 32.9 Å². The molecule has 0 aliphatic rings. The van der Waals surface area contributed by atoms with Crippen molar-refractivity contribution in [3.63, 3.8) is 0 Å². The largest absolute Gasteiger partial charge is 0.357 e. The molecule has 1 N–H and O–H groups in total. The third-order valence-electron chi connectivity index (χ3n) is 2.02. The van der Waals surface area contributed by atoms with Gasteiger partial charge in [-0.3, -0.25) is 4.79 Å². The summed E-state index contributed by atoms with van der Waals surface area (Å²) in [7, 11) is 0. The second-order valence-electron chi connectivity index (χ2n) is 2.94. The minimum absolute atomic E-state index is 0.103. The molecular formula is C10H8ClNO. The molecule has 0 saturated carbocycles. The van der Waals surface area contributed by atoms with Gasteiger partial charge in [-0.05, 0) is 19.1 Å². The fourth-order valence-corrected chi connectivity index (χ4v) is 1.48. The summed E-state index contributed by atoms with van der Waals surface area (Å²) in [6.45, 7) is 1.79. The number of aromatic nitrogens is 1. The Balaban J connectivity index is 3.03. The SMILES string of the molecule is Cc1[nH]c2ccccc2c(=O)c1Cl. The van der Waals surface area contributed by atoms with Crippen molar-refractivity contribution < 1.29 is 0 Å². The van der Waals surface area contributed by atoms with Crippen LogP contribution in [0.25, 0.3) is 10.9 Å². The molecule has 0 amide bonds. The molecule has 1 aromatic carbocycles. The minimum Gasteiger partial charge on any atom is -0.357 e. The summed E-state index contributed by atoms with van der Waals surface area (Å²) in [5, 5.41) is 0.914. The quantitative estimate of drug-likeness (QED) is 0.685. The number of nitrogens with one attached hydrogen (secondary N) is 1. The zero-order valence-corrected chi connectivity index (χ0v) is 7.85. The molecule has 2 aromatic rings. The van der Waals surface area contributed by atoms with Crippen LogP contribution in [-0.4, -0.2) is 4.98 Å². The normalized spacial score (nSPS) is 10.6. The fourth-order valence-electron chi connectivity index (χ4n) is 1.34. The molecule has 2 nitrogen and oxygen atoms in total. The lowest BCUT2D eigenvalue weighted by Gasteiger charge is -2.01. The Bertz CT molecular complexity index is 516. The lowest BCUT2D eigenvalue weighted by molar-refractivity contribution is 1.24. The van der Waals surface area contributed by atoms with Crippen LogP contribution in [0, 0.1) is 6.92 Å². The highest BCUT2D eigenvalue weighted by molar-refractivity contribution is 6.31. The molecule has 0 bridgehead atoms. The van der Waals surface area contributed by atoms with Gasteiger partial charge >= 0.3 is 0 Å². The summed E-state index contributed by atoms with van der Waals surface area (Å²) >= 11 is 5.81. The van der Waals surface area contributed by atoms with Gasteiger partial charge in [-0.2, -0.15) is 0 Å². The Morgan fingerprint density at radius 3 is 2.77 bits per heavy atom.